The van der Waals surface area contributed by atoms with Crippen molar-refractivity contribution in [2.45, 2.75) is 12.8 Å². The molecular weight excluding hydrogens is 310 g/mol. The molecule has 0 bridgehead atoms. The summed E-state index contributed by atoms with van der Waals surface area (Å²) < 4.78 is 57.8. The number of halogens is 4. The van der Waals surface area contributed by atoms with Crippen LogP contribution in [0.25, 0.3) is 10.9 Å². The molecular formula is C17H11F4NO. The molecule has 0 saturated carbocycles. The highest BCUT2D eigenvalue weighted by Gasteiger charge is 2.33. The normalized spacial score (nSPS) is 11.7. The average molecular weight is 321 g/mol. The summed E-state index contributed by atoms with van der Waals surface area (Å²) in [6.45, 7) is -0.116. The maximum atomic E-state index is 13.4. The predicted octanol–water partition coefficient (Wildman–Crippen LogP) is 4.97. The topological polar surface area (TPSA) is 22.1 Å². The van der Waals surface area contributed by atoms with Crippen LogP contribution in [0.2, 0.25) is 0 Å². The molecule has 0 spiro atoms. The van der Waals surface area contributed by atoms with Crippen LogP contribution < -0.4 is 4.74 Å². The van der Waals surface area contributed by atoms with Crippen LogP contribution in [0.1, 0.15) is 11.3 Å². The van der Waals surface area contributed by atoms with E-state index in [4.69, 9.17) is 4.74 Å². The molecule has 1 aromatic heterocycles. The van der Waals surface area contributed by atoms with Crippen molar-refractivity contribution in [1.82, 2.24) is 4.98 Å². The van der Waals surface area contributed by atoms with Crippen molar-refractivity contribution >= 4 is 10.9 Å². The van der Waals surface area contributed by atoms with Crippen molar-refractivity contribution in [3.63, 3.8) is 0 Å². The first-order chi connectivity index (χ1) is 10.9. The van der Waals surface area contributed by atoms with Gasteiger partial charge < -0.3 is 4.74 Å². The smallest absolute Gasteiger partial charge is 0.433 e. The molecule has 6 heteroatoms. The number of ether oxygens (including phenoxy) is 1. The van der Waals surface area contributed by atoms with Crippen molar-refractivity contribution in [2.75, 3.05) is 0 Å². The number of fused-ring (bicyclic) bond motifs is 1. The molecule has 0 aliphatic heterocycles. The Bertz CT molecular complexity index is 831. The number of benzene rings is 2. The van der Waals surface area contributed by atoms with E-state index in [1.54, 1.807) is 30.3 Å². The number of hydrogen-bond donors (Lipinski definition) is 0. The molecule has 23 heavy (non-hydrogen) atoms. The lowest BCUT2D eigenvalue weighted by Crippen LogP contribution is -2.10. The number of hydrogen-bond acceptors (Lipinski definition) is 2. The van der Waals surface area contributed by atoms with Crippen molar-refractivity contribution in [3.8, 4) is 5.75 Å². The molecule has 1 heterocycles. The van der Waals surface area contributed by atoms with Gasteiger partial charge in [0.05, 0.1) is 5.52 Å². The highest BCUT2D eigenvalue weighted by molar-refractivity contribution is 5.82. The van der Waals surface area contributed by atoms with E-state index in [0.717, 1.165) is 18.2 Å². The molecule has 0 saturated heterocycles. The average Bonchev–Trinajstić information content (AvgIpc) is 2.52. The standard InChI is InChI=1S/C17H11F4NO/c18-12-6-7-15-14(9-12)11(8-16(22-15)17(19,20)21)10-23-13-4-2-1-3-5-13/h1-9H,10H2. The first-order valence-corrected chi connectivity index (χ1v) is 6.78. The molecule has 3 rings (SSSR count). The Kier molecular flexibility index (Phi) is 3.90. The Morgan fingerprint density at radius 1 is 0.957 bits per heavy atom. The number of nitrogens with zero attached hydrogens (tertiary/aromatic N) is 1. The Hall–Kier alpha value is -2.63. The summed E-state index contributed by atoms with van der Waals surface area (Å²) in [5.41, 5.74) is -0.721. The minimum atomic E-state index is -4.58. The summed E-state index contributed by atoms with van der Waals surface area (Å²) in [5, 5.41) is 0.300. The molecule has 0 aliphatic carbocycles. The van der Waals surface area contributed by atoms with Gasteiger partial charge in [-0.25, -0.2) is 9.37 Å². The number of aromatic nitrogens is 1. The fourth-order valence-corrected chi connectivity index (χ4v) is 2.21. The largest absolute Gasteiger partial charge is 0.489 e. The van der Waals surface area contributed by atoms with Gasteiger partial charge in [-0.15, -0.1) is 0 Å². The quantitative estimate of drug-likeness (QED) is 0.635. The lowest BCUT2D eigenvalue weighted by molar-refractivity contribution is -0.141. The Morgan fingerprint density at radius 2 is 1.70 bits per heavy atom. The fraction of sp³-hybridized carbons (Fsp3) is 0.118. The highest BCUT2D eigenvalue weighted by atomic mass is 19.4. The third-order valence-electron chi connectivity index (χ3n) is 3.28. The molecule has 118 valence electrons. The lowest BCUT2D eigenvalue weighted by Gasteiger charge is -2.13. The molecule has 0 aliphatic rings. The van der Waals surface area contributed by atoms with Gasteiger partial charge in [0.25, 0.3) is 0 Å². The van der Waals surface area contributed by atoms with E-state index in [2.05, 4.69) is 4.98 Å². The van der Waals surface area contributed by atoms with Crippen LogP contribution in [0.15, 0.2) is 54.6 Å². The summed E-state index contributed by atoms with van der Waals surface area (Å²) in [4.78, 5) is 3.56. The van der Waals surface area contributed by atoms with E-state index in [0.29, 0.717) is 11.1 Å². The minimum Gasteiger partial charge on any atom is -0.489 e. The van der Waals surface area contributed by atoms with Gasteiger partial charge in [0.15, 0.2) is 0 Å². The summed E-state index contributed by atoms with van der Waals surface area (Å²) in [5.74, 6) is -0.0255. The van der Waals surface area contributed by atoms with E-state index < -0.39 is 17.7 Å². The van der Waals surface area contributed by atoms with Crippen LogP contribution in [0, 0.1) is 5.82 Å². The van der Waals surface area contributed by atoms with Gasteiger partial charge in [0.1, 0.15) is 23.9 Å². The van der Waals surface area contributed by atoms with Crippen LogP contribution in [0.5, 0.6) is 5.75 Å². The van der Waals surface area contributed by atoms with E-state index >= 15 is 0 Å². The molecule has 0 unspecified atom stereocenters. The third-order valence-corrected chi connectivity index (χ3v) is 3.28. The highest BCUT2D eigenvalue weighted by Crippen LogP contribution is 2.31. The number of alkyl halides is 3. The van der Waals surface area contributed by atoms with Gasteiger partial charge in [-0.3, -0.25) is 0 Å². The first kappa shape index (κ1) is 15.3. The molecule has 0 N–H and O–H groups in total. The summed E-state index contributed by atoms with van der Waals surface area (Å²) >= 11 is 0. The Balaban J connectivity index is 2.03. The van der Waals surface area contributed by atoms with Crippen molar-refractivity contribution in [1.29, 1.82) is 0 Å². The molecule has 3 aromatic rings. The summed E-state index contributed by atoms with van der Waals surface area (Å²) in [7, 11) is 0. The van der Waals surface area contributed by atoms with Crippen LogP contribution in [-0.4, -0.2) is 4.98 Å². The molecule has 2 nitrogen and oxygen atoms in total. The summed E-state index contributed by atoms with van der Waals surface area (Å²) in [6.07, 6.45) is -4.58. The van der Waals surface area contributed by atoms with Gasteiger partial charge in [-0.1, -0.05) is 18.2 Å². The van der Waals surface area contributed by atoms with Crippen LogP contribution in [0.3, 0.4) is 0 Å². The van der Waals surface area contributed by atoms with Crippen molar-refractivity contribution < 1.29 is 22.3 Å². The molecule has 0 atom stereocenters. The third kappa shape index (κ3) is 3.41. The van der Waals surface area contributed by atoms with E-state index in [9.17, 15) is 17.6 Å². The van der Waals surface area contributed by atoms with Crippen LogP contribution in [0.4, 0.5) is 17.6 Å². The molecule has 0 amide bonds. The van der Waals surface area contributed by atoms with E-state index in [1.165, 1.54) is 6.07 Å². The van der Waals surface area contributed by atoms with Gasteiger partial charge in [0.2, 0.25) is 0 Å². The molecule has 0 radical (unpaired) electrons. The Morgan fingerprint density at radius 3 is 2.39 bits per heavy atom. The maximum absolute atomic E-state index is 13.4. The second kappa shape index (κ2) is 5.87. The monoisotopic (exact) mass is 321 g/mol. The summed E-state index contributed by atoms with van der Waals surface area (Å²) in [6, 6.07) is 13.0. The molecule has 0 fully saturated rings. The van der Waals surface area contributed by atoms with Crippen LogP contribution in [-0.2, 0) is 12.8 Å². The number of rotatable bonds is 3. The van der Waals surface area contributed by atoms with Gasteiger partial charge in [0, 0.05) is 10.9 Å². The molecule has 2 aromatic carbocycles. The van der Waals surface area contributed by atoms with Crippen LogP contribution >= 0.6 is 0 Å². The second-order valence-corrected chi connectivity index (χ2v) is 4.93. The fourth-order valence-electron chi connectivity index (χ4n) is 2.21. The predicted molar refractivity (Wildman–Crippen MR) is 77.5 cm³/mol. The second-order valence-electron chi connectivity index (χ2n) is 4.93. The van der Waals surface area contributed by atoms with Gasteiger partial charge in [-0.05, 0) is 36.4 Å². The zero-order valence-electron chi connectivity index (χ0n) is 11.8. The number of para-hydroxylation sites is 1. The van der Waals surface area contributed by atoms with E-state index in [-0.39, 0.29) is 17.7 Å². The first-order valence-electron chi connectivity index (χ1n) is 6.78. The lowest BCUT2D eigenvalue weighted by atomic mass is 10.1. The maximum Gasteiger partial charge on any atom is 0.433 e. The van der Waals surface area contributed by atoms with Crippen molar-refractivity contribution in [2.24, 2.45) is 0 Å². The SMILES string of the molecule is Fc1ccc2nc(C(F)(F)F)cc(COc3ccccc3)c2c1. The Labute approximate surface area is 129 Å². The number of pyridine rings is 1. The van der Waals surface area contributed by atoms with Gasteiger partial charge in [-0.2, -0.15) is 13.2 Å². The van der Waals surface area contributed by atoms with Crippen molar-refractivity contribution in [3.05, 3.63) is 71.7 Å². The minimum absolute atomic E-state index is 0.0767. The zero-order valence-corrected chi connectivity index (χ0v) is 11.8. The van der Waals surface area contributed by atoms with E-state index in [1.807, 2.05) is 0 Å². The zero-order chi connectivity index (χ0) is 16.4. The van der Waals surface area contributed by atoms with Gasteiger partial charge >= 0.3 is 6.18 Å².